The Bertz CT molecular complexity index is 958. The number of nitrogens with zero attached hydrogens (tertiary/aromatic N) is 1. The van der Waals surface area contributed by atoms with Gasteiger partial charge in [-0.2, -0.15) is 13.2 Å². The first-order valence-electron chi connectivity index (χ1n) is 8.41. The fourth-order valence-electron chi connectivity index (χ4n) is 2.63. The minimum Gasteiger partial charge on any atom is -0.324 e. The van der Waals surface area contributed by atoms with E-state index >= 15 is 0 Å². The Kier molecular flexibility index (Phi) is 5.54. The van der Waals surface area contributed by atoms with Crippen LogP contribution in [0.1, 0.15) is 24.0 Å². The van der Waals surface area contributed by atoms with Gasteiger partial charge in [0.15, 0.2) is 0 Å². The van der Waals surface area contributed by atoms with Crippen molar-refractivity contribution in [1.82, 2.24) is 4.98 Å². The van der Waals surface area contributed by atoms with Crippen molar-refractivity contribution in [3.8, 4) is 0 Å². The molecule has 0 saturated heterocycles. The van der Waals surface area contributed by atoms with E-state index in [1.807, 2.05) is 24.3 Å². The highest BCUT2D eigenvalue weighted by molar-refractivity contribution is 6.00. The van der Waals surface area contributed by atoms with Gasteiger partial charge in [0, 0.05) is 18.0 Å². The van der Waals surface area contributed by atoms with Crippen LogP contribution in [0.5, 0.6) is 0 Å². The summed E-state index contributed by atoms with van der Waals surface area (Å²) in [6, 6.07) is 14.2. The highest BCUT2D eigenvalue weighted by Gasteiger charge is 2.29. The minimum absolute atomic E-state index is 0.148. The second-order valence-electron chi connectivity index (χ2n) is 5.99. The summed E-state index contributed by atoms with van der Waals surface area (Å²) >= 11 is 0. The van der Waals surface area contributed by atoms with Gasteiger partial charge in [-0.3, -0.25) is 9.78 Å². The smallest absolute Gasteiger partial charge is 0.324 e. The molecule has 0 saturated carbocycles. The number of pyridine rings is 1. The third kappa shape index (κ3) is 4.94. The third-order valence-electron chi connectivity index (χ3n) is 3.99. The fraction of sp³-hybridized carbons (Fsp3) is 0.143. The van der Waals surface area contributed by atoms with Gasteiger partial charge < -0.3 is 5.32 Å². The number of allylic oxidation sites excluding steroid dienone is 1. The van der Waals surface area contributed by atoms with Gasteiger partial charge in [-0.15, -0.1) is 0 Å². The van der Waals surface area contributed by atoms with Crippen LogP contribution in [-0.4, -0.2) is 10.9 Å². The molecule has 0 bridgehead atoms. The predicted molar refractivity (Wildman–Crippen MR) is 100 cm³/mol. The summed E-state index contributed by atoms with van der Waals surface area (Å²) in [7, 11) is 0. The Morgan fingerprint density at radius 3 is 2.52 bits per heavy atom. The second kappa shape index (κ2) is 8.03. The third-order valence-corrected chi connectivity index (χ3v) is 3.99. The molecule has 0 radical (unpaired) electrons. The van der Waals surface area contributed by atoms with Crippen molar-refractivity contribution in [2.45, 2.75) is 19.0 Å². The van der Waals surface area contributed by atoms with Gasteiger partial charge in [0.05, 0.1) is 16.8 Å². The number of benzene rings is 2. The molecule has 0 fully saturated rings. The van der Waals surface area contributed by atoms with E-state index in [0.29, 0.717) is 17.7 Å². The molecule has 1 heterocycles. The SMILES string of the molecule is O=C(CC/C=C\c1ccc(C(F)(F)F)cc1)Nc1cccc2cccnc12. The number of alkyl halides is 3. The van der Waals surface area contributed by atoms with Crippen LogP contribution in [-0.2, 0) is 11.0 Å². The topological polar surface area (TPSA) is 42.0 Å². The quantitative estimate of drug-likeness (QED) is 0.627. The lowest BCUT2D eigenvalue weighted by Crippen LogP contribution is -2.11. The average Bonchev–Trinajstić information content (AvgIpc) is 2.65. The van der Waals surface area contributed by atoms with Gasteiger partial charge in [-0.05, 0) is 36.2 Å². The maximum absolute atomic E-state index is 12.5. The van der Waals surface area contributed by atoms with Crippen molar-refractivity contribution in [2.75, 3.05) is 5.32 Å². The van der Waals surface area contributed by atoms with E-state index in [-0.39, 0.29) is 12.3 Å². The number of hydrogen-bond acceptors (Lipinski definition) is 2. The minimum atomic E-state index is -4.34. The molecule has 1 aromatic heterocycles. The average molecular weight is 370 g/mol. The molecule has 2 aromatic carbocycles. The monoisotopic (exact) mass is 370 g/mol. The summed E-state index contributed by atoms with van der Waals surface area (Å²) in [5.74, 6) is -0.148. The zero-order chi connectivity index (χ0) is 19.3. The van der Waals surface area contributed by atoms with E-state index in [1.54, 1.807) is 24.4 Å². The Morgan fingerprint density at radius 1 is 1.04 bits per heavy atom. The van der Waals surface area contributed by atoms with Gasteiger partial charge in [0.1, 0.15) is 0 Å². The van der Waals surface area contributed by atoms with Crippen LogP contribution in [0.15, 0.2) is 66.9 Å². The molecular formula is C21H17F3N2O. The van der Waals surface area contributed by atoms with Crippen molar-refractivity contribution in [2.24, 2.45) is 0 Å². The summed E-state index contributed by atoms with van der Waals surface area (Å²) in [5.41, 5.74) is 1.36. The molecule has 3 nitrogen and oxygen atoms in total. The maximum Gasteiger partial charge on any atom is 0.416 e. The van der Waals surface area contributed by atoms with Crippen LogP contribution in [0.25, 0.3) is 17.0 Å². The number of carbonyl (C=O) groups excluding carboxylic acids is 1. The van der Waals surface area contributed by atoms with E-state index < -0.39 is 11.7 Å². The van der Waals surface area contributed by atoms with Crippen LogP contribution in [0.2, 0.25) is 0 Å². The van der Waals surface area contributed by atoms with Crippen molar-refractivity contribution in [3.05, 3.63) is 78.0 Å². The first-order valence-corrected chi connectivity index (χ1v) is 8.41. The Morgan fingerprint density at radius 2 is 1.78 bits per heavy atom. The number of nitrogens with one attached hydrogen (secondary N) is 1. The summed E-state index contributed by atoms with van der Waals surface area (Å²) in [6.07, 6.45) is 1.55. The molecular weight excluding hydrogens is 353 g/mol. The van der Waals surface area contributed by atoms with E-state index in [2.05, 4.69) is 10.3 Å². The van der Waals surface area contributed by atoms with E-state index in [4.69, 9.17) is 0 Å². The predicted octanol–water partition coefficient (Wildman–Crippen LogP) is 5.69. The van der Waals surface area contributed by atoms with Crippen LogP contribution < -0.4 is 5.32 Å². The largest absolute Gasteiger partial charge is 0.416 e. The lowest BCUT2D eigenvalue weighted by Gasteiger charge is -2.07. The molecule has 0 aliphatic heterocycles. The summed E-state index contributed by atoms with van der Waals surface area (Å²) in [4.78, 5) is 16.4. The molecule has 0 aliphatic rings. The second-order valence-corrected chi connectivity index (χ2v) is 5.99. The molecule has 0 aliphatic carbocycles. The van der Waals surface area contributed by atoms with Crippen molar-refractivity contribution in [1.29, 1.82) is 0 Å². The number of fused-ring (bicyclic) bond motifs is 1. The summed E-state index contributed by atoms with van der Waals surface area (Å²) < 4.78 is 37.6. The number of amides is 1. The fourth-order valence-corrected chi connectivity index (χ4v) is 2.63. The number of aromatic nitrogens is 1. The van der Waals surface area contributed by atoms with Crippen molar-refractivity contribution >= 4 is 28.6 Å². The first kappa shape index (κ1) is 18.6. The molecule has 138 valence electrons. The Hall–Kier alpha value is -3.15. The lowest BCUT2D eigenvalue weighted by atomic mass is 10.1. The maximum atomic E-state index is 12.5. The van der Waals surface area contributed by atoms with Gasteiger partial charge in [-0.1, -0.05) is 42.5 Å². The highest BCUT2D eigenvalue weighted by atomic mass is 19.4. The molecule has 0 atom stereocenters. The standard InChI is InChI=1S/C21H17F3N2O/c22-21(23,24)17-12-10-15(11-13-17)5-1-2-9-19(27)26-18-8-3-6-16-7-4-14-25-20(16)18/h1,3-8,10-14H,2,9H2,(H,26,27)/b5-1-. The molecule has 0 unspecified atom stereocenters. The Balaban J connectivity index is 1.54. The van der Waals surface area contributed by atoms with E-state index in [1.165, 1.54) is 12.1 Å². The van der Waals surface area contributed by atoms with Crippen LogP contribution in [0, 0.1) is 0 Å². The van der Waals surface area contributed by atoms with Gasteiger partial charge in [0.25, 0.3) is 0 Å². The number of para-hydroxylation sites is 1. The van der Waals surface area contributed by atoms with Crippen LogP contribution >= 0.6 is 0 Å². The zero-order valence-electron chi connectivity index (χ0n) is 14.3. The summed E-state index contributed by atoms with van der Waals surface area (Å²) in [6.45, 7) is 0. The number of halogens is 3. The first-order chi connectivity index (χ1) is 12.9. The number of rotatable bonds is 5. The molecule has 3 aromatic rings. The summed E-state index contributed by atoms with van der Waals surface area (Å²) in [5, 5.41) is 3.79. The van der Waals surface area contributed by atoms with Crippen LogP contribution in [0.4, 0.5) is 18.9 Å². The lowest BCUT2D eigenvalue weighted by molar-refractivity contribution is -0.137. The molecule has 0 spiro atoms. The van der Waals surface area contributed by atoms with E-state index in [9.17, 15) is 18.0 Å². The number of carbonyl (C=O) groups is 1. The highest BCUT2D eigenvalue weighted by Crippen LogP contribution is 2.29. The van der Waals surface area contributed by atoms with Crippen LogP contribution in [0.3, 0.4) is 0 Å². The molecule has 6 heteroatoms. The van der Waals surface area contributed by atoms with Crippen molar-refractivity contribution in [3.63, 3.8) is 0 Å². The zero-order valence-corrected chi connectivity index (χ0v) is 14.3. The van der Waals surface area contributed by atoms with Gasteiger partial charge >= 0.3 is 6.18 Å². The van der Waals surface area contributed by atoms with Gasteiger partial charge in [0.2, 0.25) is 5.91 Å². The molecule has 1 amide bonds. The molecule has 3 rings (SSSR count). The number of anilines is 1. The van der Waals surface area contributed by atoms with Gasteiger partial charge in [-0.25, -0.2) is 0 Å². The number of hydrogen-bond donors (Lipinski definition) is 1. The van der Waals surface area contributed by atoms with Crippen molar-refractivity contribution < 1.29 is 18.0 Å². The molecule has 1 N–H and O–H groups in total. The Labute approximate surface area is 154 Å². The van der Waals surface area contributed by atoms with E-state index in [0.717, 1.165) is 23.0 Å². The molecule has 27 heavy (non-hydrogen) atoms. The normalized spacial score (nSPS) is 11.8.